The molecule has 16 heavy (non-hydrogen) atoms. The Morgan fingerprint density at radius 3 is 2.50 bits per heavy atom. The van der Waals surface area contributed by atoms with E-state index < -0.39 is 28.8 Å². The summed E-state index contributed by atoms with van der Waals surface area (Å²) >= 11 is 0. The normalized spacial score (nSPS) is 13.9. The molecular weight excluding hydrogens is 232 g/mol. The molecule has 6 nitrogen and oxygen atoms in total. The van der Waals surface area contributed by atoms with Gasteiger partial charge in [0, 0.05) is 29.4 Å². The lowest BCUT2D eigenvalue weighted by atomic mass is 10.2. The minimum atomic E-state index is -1.05. The third-order valence-electron chi connectivity index (χ3n) is 1.86. The first kappa shape index (κ1) is 14.9. The van der Waals surface area contributed by atoms with Gasteiger partial charge in [0.1, 0.15) is 6.04 Å². The van der Waals surface area contributed by atoms with Crippen LogP contribution in [0.4, 0.5) is 4.79 Å². The average Bonchev–Trinajstić information content (AvgIpc) is 2.16. The van der Waals surface area contributed by atoms with E-state index in [2.05, 4.69) is 10.6 Å². The summed E-state index contributed by atoms with van der Waals surface area (Å²) < 4.78 is 10.7. The maximum atomic E-state index is 11.2. The molecule has 0 bridgehead atoms. The minimum absolute atomic E-state index is 0.271. The molecule has 2 unspecified atom stereocenters. The average molecular weight is 250 g/mol. The standard InChI is InChI=1S/C9H18N2O4S/c1-3-4-7(8(12)13)11-9(14)10-5-6-16(2)15/h7H,3-6H2,1-2H3,(H,12,13)(H2,10,11,14). The highest BCUT2D eigenvalue weighted by atomic mass is 32.2. The Balaban J connectivity index is 3.90. The van der Waals surface area contributed by atoms with Gasteiger partial charge in [0.2, 0.25) is 0 Å². The second-order valence-electron chi connectivity index (χ2n) is 3.36. The van der Waals surface area contributed by atoms with Crippen LogP contribution < -0.4 is 10.6 Å². The SMILES string of the molecule is CCCC(NC(=O)NCCS(C)=O)C(=O)O. The molecule has 0 saturated carbocycles. The maximum absolute atomic E-state index is 11.2. The van der Waals surface area contributed by atoms with Crippen molar-refractivity contribution in [1.29, 1.82) is 0 Å². The zero-order valence-electron chi connectivity index (χ0n) is 9.49. The molecule has 0 fully saturated rings. The van der Waals surface area contributed by atoms with Crippen LogP contribution in [0.1, 0.15) is 19.8 Å². The molecule has 0 saturated heterocycles. The highest BCUT2D eigenvalue weighted by Crippen LogP contribution is 1.96. The molecule has 0 heterocycles. The molecule has 0 radical (unpaired) electrons. The van der Waals surface area contributed by atoms with Crippen LogP contribution in [0.3, 0.4) is 0 Å². The largest absolute Gasteiger partial charge is 0.480 e. The van der Waals surface area contributed by atoms with Crippen LogP contribution in [0.5, 0.6) is 0 Å². The number of carboxylic acid groups (broad SMARTS) is 1. The third-order valence-corrected chi connectivity index (χ3v) is 2.63. The number of hydrogen-bond acceptors (Lipinski definition) is 3. The zero-order chi connectivity index (χ0) is 12.6. The van der Waals surface area contributed by atoms with Crippen LogP contribution in [-0.2, 0) is 15.6 Å². The Morgan fingerprint density at radius 2 is 2.06 bits per heavy atom. The van der Waals surface area contributed by atoms with Crippen molar-refractivity contribution in [3.05, 3.63) is 0 Å². The van der Waals surface area contributed by atoms with Crippen LogP contribution in [0, 0.1) is 0 Å². The fourth-order valence-corrected chi connectivity index (χ4v) is 1.45. The van der Waals surface area contributed by atoms with Gasteiger partial charge in [-0.15, -0.1) is 0 Å². The molecule has 0 aromatic carbocycles. The van der Waals surface area contributed by atoms with E-state index in [1.807, 2.05) is 6.92 Å². The summed E-state index contributed by atoms with van der Waals surface area (Å²) in [6.45, 7) is 2.11. The van der Waals surface area contributed by atoms with Crippen LogP contribution >= 0.6 is 0 Å². The highest BCUT2D eigenvalue weighted by Gasteiger charge is 2.18. The molecule has 2 atom stereocenters. The van der Waals surface area contributed by atoms with Crippen molar-refractivity contribution in [3.8, 4) is 0 Å². The lowest BCUT2D eigenvalue weighted by molar-refractivity contribution is -0.139. The molecule has 0 aliphatic rings. The second kappa shape index (κ2) is 8.09. The minimum Gasteiger partial charge on any atom is -0.480 e. The van der Waals surface area contributed by atoms with Crippen LogP contribution in [0.25, 0.3) is 0 Å². The predicted octanol–water partition coefficient (Wildman–Crippen LogP) is -0.0826. The Labute approximate surface area is 97.3 Å². The van der Waals surface area contributed by atoms with Crippen molar-refractivity contribution >= 4 is 22.8 Å². The summed E-state index contributed by atoms with van der Waals surface area (Å²) in [7, 11) is -0.966. The predicted molar refractivity (Wildman–Crippen MR) is 61.8 cm³/mol. The smallest absolute Gasteiger partial charge is 0.326 e. The van der Waals surface area contributed by atoms with Crippen molar-refractivity contribution in [2.45, 2.75) is 25.8 Å². The van der Waals surface area contributed by atoms with E-state index in [0.29, 0.717) is 18.6 Å². The molecule has 0 aliphatic heterocycles. The molecule has 0 spiro atoms. The van der Waals surface area contributed by atoms with Gasteiger partial charge in [-0.05, 0) is 6.42 Å². The van der Waals surface area contributed by atoms with Gasteiger partial charge < -0.3 is 15.7 Å². The molecule has 94 valence electrons. The van der Waals surface area contributed by atoms with Gasteiger partial charge in [-0.25, -0.2) is 9.59 Å². The van der Waals surface area contributed by atoms with Crippen molar-refractivity contribution in [3.63, 3.8) is 0 Å². The lowest BCUT2D eigenvalue weighted by Gasteiger charge is -2.13. The number of aliphatic carboxylic acids is 1. The number of carbonyl (C=O) groups excluding carboxylic acids is 1. The molecule has 0 aromatic rings. The first-order chi connectivity index (χ1) is 7.47. The van der Waals surface area contributed by atoms with E-state index in [-0.39, 0.29) is 6.54 Å². The van der Waals surface area contributed by atoms with E-state index in [1.54, 1.807) is 0 Å². The summed E-state index contributed by atoms with van der Waals surface area (Å²) in [4.78, 5) is 21.9. The molecule has 2 amide bonds. The van der Waals surface area contributed by atoms with E-state index in [1.165, 1.54) is 6.26 Å². The molecule has 0 aromatic heterocycles. The summed E-state index contributed by atoms with van der Waals surface area (Å²) in [6, 6.07) is -1.40. The number of urea groups is 1. The van der Waals surface area contributed by atoms with Gasteiger partial charge in [0.25, 0.3) is 0 Å². The van der Waals surface area contributed by atoms with E-state index >= 15 is 0 Å². The summed E-state index contributed by atoms with van der Waals surface area (Å²) in [5, 5.41) is 13.6. The quantitative estimate of drug-likeness (QED) is 0.589. The Kier molecular flexibility index (Phi) is 7.53. The van der Waals surface area contributed by atoms with Gasteiger partial charge >= 0.3 is 12.0 Å². The summed E-state index contributed by atoms with van der Waals surface area (Å²) in [5.74, 6) is -0.685. The number of nitrogens with one attached hydrogen (secondary N) is 2. The van der Waals surface area contributed by atoms with Gasteiger partial charge in [-0.3, -0.25) is 4.21 Å². The molecule has 0 rings (SSSR count). The lowest BCUT2D eigenvalue weighted by Crippen LogP contribution is -2.46. The van der Waals surface area contributed by atoms with Crippen molar-refractivity contribution in [2.24, 2.45) is 0 Å². The number of carboxylic acids is 1. The molecule has 3 N–H and O–H groups in total. The fourth-order valence-electron chi connectivity index (χ4n) is 1.06. The van der Waals surface area contributed by atoms with E-state index in [0.717, 1.165) is 0 Å². The second-order valence-corrected chi connectivity index (χ2v) is 4.91. The van der Waals surface area contributed by atoms with E-state index in [9.17, 15) is 13.8 Å². The Bertz CT molecular complexity index is 270. The van der Waals surface area contributed by atoms with Gasteiger partial charge in [-0.2, -0.15) is 0 Å². The first-order valence-electron chi connectivity index (χ1n) is 5.04. The third kappa shape index (κ3) is 7.22. The first-order valence-corrected chi connectivity index (χ1v) is 6.77. The Morgan fingerprint density at radius 1 is 1.44 bits per heavy atom. The molecular formula is C9H18N2O4S. The van der Waals surface area contributed by atoms with Crippen molar-refractivity contribution in [2.75, 3.05) is 18.6 Å². The molecule has 0 aliphatic carbocycles. The monoisotopic (exact) mass is 250 g/mol. The summed E-state index contributed by atoms with van der Waals surface area (Å²) in [6.07, 6.45) is 2.61. The Hall–Kier alpha value is -1.11. The van der Waals surface area contributed by atoms with Crippen molar-refractivity contribution in [1.82, 2.24) is 10.6 Å². The van der Waals surface area contributed by atoms with Crippen LogP contribution in [-0.4, -0.2) is 45.9 Å². The topological polar surface area (TPSA) is 95.5 Å². The molecule has 7 heteroatoms. The number of rotatable bonds is 7. The van der Waals surface area contributed by atoms with Gasteiger partial charge in [0.15, 0.2) is 0 Å². The van der Waals surface area contributed by atoms with Gasteiger partial charge in [0.05, 0.1) is 0 Å². The van der Waals surface area contributed by atoms with Crippen LogP contribution in [0.15, 0.2) is 0 Å². The van der Waals surface area contributed by atoms with E-state index in [4.69, 9.17) is 5.11 Å². The maximum Gasteiger partial charge on any atom is 0.326 e. The summed E-state index contributed by atoms with van der Waals surface area (Å²) in [5.41, 5.74) is 0. The number of amides is 2. The van der Waals surface area contributed by atoms with Crippen molar-refractivity contribution < 1.29 is 18.9 Å². The van der Waals surface area contributed by atoms with Crippen LogP contribution in [0.2, 0.25) is 0 Å². The zero-order valence-corrected chi connectivity index (χ0v) is 10.3. The fraction of sp³-hybridized carbons (Fsp3) is 0.778. The number of hydrogen-bond donors (Lipinski definition) is 3. The van der Waals surface area contributed by atoms with Gasteiger partial charge in [-0.1, -0.05) is 13.3 Å². The highest BCUT2D eigenvalue weighted by molar-refractivity contribution is 7.84. The number of carbonyl (C=O) groups is 2.